The van der Waals surface area contributed by atoms with E-state index >= 15 is 0 Å². The highest BCUT2D eigenvalue weighted by Gasteiger charge is 2.39. The van der Waals surface area contributed by atoms with E-state index in [1.165, 1.54) is 19.3 Å². The molecule has 0 saturated heterocycles. The highest BCUT2D eigenvalue weighted by Crippen LogP contribution is 2.48. The fourth-order valence-corrected chi connectivity index (χ4v) is 5.17. The van der Waals surface area contributed by atoms with Crippen LogP contribution in [0.15, 0.2) is 21.5 Å². The van der Waals surface area contributed by atoms with E-state index in [1.807, 2.05) is 0 Å². The molecule has 3 N–H and O–H groups in total. The number of nitrogens with two attached hydrogens (primary N) is 1. The van der Waals surface area contributed by atoms with Gasteiger partial charge in [-0.25, -0.2) is 17.5 Å². The third kappa shape index (κ3) is 2.96. The van der Waals surface area contributed by atoms with Gasteiger partial charge in [0.15, 0.2) is 0 Å². The van der Waals surface area contributed by atoms with Crippen molar-refractivity contribution in [1.29, 1.82) is 0 Å². The molecule has 1 aromatic carbocycles. The summed E-state index contributed by atoms with van der Waals surface area (Å²) in [5, 5.41) is 0. The maximum atomic E-state index is 13.9. The van der Waals surface area contributed by atoms with Crippen LogP contribution in [-0.4, -0.2) is 15.0 Å². The summed E-state index contributed by atoms with van der Waals surface area (Å²) in [6.45, 7) is 0.388. The molecule has 7 heteroatoms. The molecular weight excluding hydrogens is 359 g/mol. The number of fused-ring (bicyclic) bond motifs is 2. The minimum absolute atomic E-state index is 0.205. The predicted octanol–water partition coefficient (Wildman–Crippen LogP) is 2.88. The van der Waals surface area contributed by atoms with E-state index in [0.717, 1.165) is 24.5 Å². The molecule has 3 rings (SSSR count). The normalized spacial score (nSPS) is 28.2. The van der Waals surface area contributed by atoms with Crippen molar-refractivity contribution in [2.45, 2.75) is 30.6 Å². The lowest BCUT2D eigenvalue weighted by molar-refractivity contribution is 0.332. The molecule has 0 radical (unpaired) electrons. The zero-order valence-electron chi connectivity index (χ0n) is 11.5. The molecular formula is C14H18BrFN2O2S. The molecule has 2 saturated carbocycles. The van der Waals surface area contributed by atoms with E-state index in [2.05, 4.69) is 20.7 Å². The van der Waals surface area contributed by atoms with Gasteiger partial charge in [-0.15, -0.1) is 0 Å². The number of nitrogens with one attached hydrogen (secondary N) is 1. The Balaban J connectivity index is 1.74. The second-order valence-corrected chi connectivity index (χ2v) is 8.68. The Morgan fingerprint density at radius 1 is 1.33 bits per heavy atom. The number of sulfonamides is 1. The van der Waals surface area contributed by atoms with Crippen molar-refractivity contribution in [3.63, 3.8) is 0 Å². The highest BCUT2D eigenvalue weighted by atomic mass is 79.9. The fraction of sp³-hybridized carbons (Fsp3) is 0.571. The van der Waals surface area contributed by atoms with Crippen LogP contribution >= 0.6 is 15.9 Å². The third-order valence-corrected chi connectivity index (χ3v) is 6.89. The van der Waals surface area contributed by atoms with E-state index in [0.29, 0.717) is 22.9 Å². The molecule has 21 heavy (non-hydrogen) atoms. The van der Waals surface area contributed by atoms with E-state index in [1.54, 1.807) is 0 Å². The summed E-state index contributed by atoms with van der Waals surface area (Å²) in [5.41, 5.74) is 5.85. The Kier molecular flexibility index (Phi) is 4.00. The monoisotopic (exact) mass is 376 g/mol. The van der Waals surface area contributed by atoms with Gasteiger partial charge < -0.3 is 5.73 Å². The first-order valence-corrected chi connectivity index (χ1v) is 9.38. The molecule has 2 aliphatic carbocycles. The molecule has 2 fully saturated rings. The standard InChI is InChI=1S/C14H18BrFN2O2S/c15-11-5-12(16)14(6-13(11)17)21(19,20)18-7-10-4-8-1-2-9(10)3-8/h5-6,8-10,18H,1-4,7,17H2. The van der Waals surface area contributed by atoms with Gasteiger partial charge in [-0.1, -0.05) is 6.42 Å². The first-order valence-electron chi connectivity index (χ1n) is 7.11. The van der Waals surface area contributed by atoms with Crippen LogP contribution in [0.5, 0.6) is 0 Å². The average Bonchev–Trinajstić information content (AvgIpc) is 3.03. The summed E-state index contributed by atoms with van der Waals surface area (Å²) in [5.74, 6) is 0.966. The van der Waals surface area contributed by atoms with Gasteiger partial charge in [-0.05, 0) is 65.1 Å². The van der Waals surface area contributed by atoms with E-state index in [4.69, 9.17) is 5.73 Å². The molecule has 116 valence electrons. The molecule has 0 spiro atoms. The van der Waals surface area contributed by atoms with Crippen LogP contribution in [0, 0.1) is 23.6 Å². The first-order chi connectivity index (χ1) is 9.87. The lowest BCUT2D eigenvalue weighted by atomic mass is 9.89. The average molecular weight is 377 g/mol. The number of hydrogen-bond donors (Lipinski definition) is 2. The van der Waals surface area contributed by atoms with Crippen LogP contribution in [0.1, 0.15) is 25.7 Å². The van der Waals surface area contributed by atoms with Gasteiger partial charge in [0.1, 0.15) is 10.7 Å². The number of rotatable bonds is 4. The van der Waals surface area contributed by atoms with Gasteiger partial charge in [-0.3, -0.25) is 0 Å². The molecule has 1 aromatic rings. The van der Waals surface area contributed by atoms with Crippen LogP contribution in [0.4, 0.5) is 10.1 Å². The molecule has 0 heterocycles. The molecule has 3 atom stereocenters. The van der Waals surface area contributed by atoms with Crippen LogP contribution in [-0.2, 0) is 10.0 Å². The fourth-order valence-electron chi connectivity index (χ4n) is 3.67. The van der Waals surface area contributed by atoms with Crippen LogP contribution in [0.3, 0.4) is 0 Å². The van der Waals surface area contributed by atoms with Gasteiger partial charge in [0.05, 0.1) is 0 Å². The summed E-state index contributed by atoms with van der Waals surface area (Å²) < 4.78 is 41.3. The zero-order valence-corrected chi connectivity index (χ0v) is 13.9. The van der Waals surface area contributed by atoms with Crippen molar-refractivity contribution >= 4 is 31.6 Å². The molecule has 4 nitrogen and oxygen atoms in total. The largest absolute Gasteiger partial charge is 0.398 e. The van der Waals surface area contributed by atoms with E-state index in [-0.39, 0.29) is 10.6 Å². The second-order valence-electron chi connectivity index (χ2n) is 6.09. The number of benzene rings is 1. The first kappa shape index (κ1) is 15.2. The quantitative estimate of drug-likeness (QED) is 0.793. The summed E-state index contributed by atoms with van der Waals surface area (Å²) in [6, 6.07) is 2.24. The van der Waals surface area contributed by atoms with Crippen molar-refractivity contribution in [2.24, 2.45) is 17.8 Å². The lowest BCUT2D eigenvalue weighted by Crippen LogP contribution is -2.32. The van der Waals surface area contributed by atoms with Crippen molar-refractivity contribution in [3.8, 4) is 0 Å². The van der Waals surface area contributed by atoms with Crippen LogP contribution in [0.2, 0.25) is 0 Å². The van der Waals surface area contributed by atoms with Gasteiger partial charge >= 0.3 is 0 Å². The topological polar surface area (TPSA) is 72.2 Å². The zero-order chi connectivity index (χ0) is 15.2. The van der Waals surface area contributed by atoms with Crippen LogP contribution < -0.4 is 10.5 Å². The number of hydrogen-bond acceptors (Lipinski definition) is 3. The maximum absolute atomic E-state index is 13.9. The van der Waals surface area contributed by atoms with Crippen molar-refractivity contribution in [1.82, 2.24) is 4.72 Å². The summed E-state index contributed by atoms with van der Waals surface area (Å²) in [4.78, 5) is -0.383. The molecule has 0 aromatic heterocycles. The lowest BCUT2D eigenvalue weighted by Gasteiger charge is -2.21. The van der Waals surface area contributed by atoms with Gasteiger partial charge in [-0.2, -0.15) is 0 Å². The molecule has 3 unspecified atom stereocenters. The highest BCUT2D eigenvalue weighted by molar-refractivity contribution is 9.10. The van der Waals surface area contributed by atoms with Gasteiger partial charge in [0.25, 0.3) is 0 Å². The summed E-state index contributed by atoms with van der Waals surface area (Å²) >= 11 is 3.08. The molecule has 0 aliphatic heterocycles. The Hall–Kier alpha value is -0.660. The third-order valence-electron chi connectivity index (χ3n) is 4.76. The minimum Gasteiger partial charge on any atom is -0.398 e. The second kappa shape index (κ2) is 5.52. The van der Waals surface area contributed by atoms with E-state index < -0.39 is 15.8 Å². The predicted molar refractivity (Wildman–Crippen MR) is 82.6 cm³/mol. The molecule has 0 amide bonds. The van der Waals surface area contributed by atoms with Crippen molar-refractivity contribution in [2.75, 3.05) is 12.3 Å². The number of anilines is 1. The molecule has 2 bridgehead atoms. The minimum atomic E-state index is -3.86. The van der Waals surface area contributed by atoms with E-state index in [9.17, 15) is 12.8 Å². The van der Waals surface area contributed by atoms with Crippen molar-refractivity contribution in [3.05, 3.63) is 22.4 Å². The SMILES string of the molecule is Nc1cc(S(=O)(=O)NCC2CC3CCC2C3)c(F)cc1Br. The smallest absolute Gasteiger partial charge is 0.243 e. The Morgan fingerprint density at radius 3 is 2.71 bits per heavy atom. The van der Waals surface area contributed by atoms with Crippen LogP contribution in [0.25, 0.3) is 0 Å². The maximum Gasteiger partial charge on any atom is 0.243 e. The van der Waals surface area contributed by atoms with Gasteiger partial charge in [0, 0.05) is 16.7 Å². The Morgan fingerprint density at radius 2 is 2.10 bits per heavy atom. The summed E-state index contributed by atoms with van der Waals surface area (Å²) in [7, 11) is -3.86. The Bertz CT molecular complexity index is 665. The Labute approximate surface area is 132 Å². The number of halogens is 2. The van der Waals surface area contributed by atoms with Gasteiger partial charge in [0.2, 0.25) is 10.0 Å². The number of nitrogen functional groups attached to an aromatic ring is 1. The summed E-state index contributed by atoms with van der Waals surface area (Å²) in [6.07, 6.45) is 4.76. The van der Waals surface area contributed by atoms with Crippen molar-refractivity contribution < 1.29 is 12.8 Å². The molecule has 2 aliphatic rings.